The smallest absolute Gasteiger partial charge is 0.257 e. The first-order valence-corrected chi connectivity index (χ1v) is 8.59. The van der Waals surface area contributed by atoms with Crippen molar-refractivity contribution in [1.29, 1.82) is 0 Å². The Morgan fingerprint density at radius 1 is 1.12 bits per heavy atom. The van der Waals surface area contributed by atoms with Crippen LogP contribution in [0.25, 0.3) is 0 Å². The lowest BCUT2D eigenvalue weighted by molar-refractivity contribution is 0.0697. The minimum absolute atomic E-state index is 0.0165. The molecule has 3 heterocycles. The van der Waals surface area contributed by atoms with E-state index < -0.39 is 0 Å². The Bertz CT molecular complexity index is 777. The topological polar surface area (TPSA) is 71.8 Å². The van der Waals surface area contributed by atoms with Gasteiger partial charge in [0, 0.05) is 31.1 Å². The molecule has 1 saturated heterocycles. The van der Waals surface area contributed by atoms with E-state index in [-0.39, 0.29) is 17.9 Å². The molecule has 0 spiro atoms. The maximum absolute atomic E-state index is 12.5. The number of rotatable bonds is 3. The summed E-state index contributed by atoms with van der Waals surface area (Å²) in [4.78, 5) is 26.6. The number of ether oxygens (including phenoxy) is 1. The molecule has 0 bridgehead atoms. The number of furan rings is 1. The van der Waals surface area contributed by atoms with Crippen molar-refractivity contribution < 1.29 is 18.7 Å². The largest absolute Gasteiger partial charge is 0.493 e. The second-order valence-electron chi connectivity index (χ2n) is 6.47. The van der Waals surface area contributed by atoms with Crippen molar-refractivity contribution in [2.45, 2.75) is 25.3 Å². The fourth-order valence-electron chi connectivity index (χ4n) is 3.39. The van der Waals surface area contributed by atoms with Gasteiger partial charge in [0.15, 0.2) is 0 Å². The molecule has 2 aliphatic heterocycles. The van der Waals surface area contributed by atoms with Crippen molar-refractivity contribution in [3.63, 3.8) is 0 Å². The van der Waals surface area contributed by atoms with Crippen LogP contribution in [0.2, 0.25) is 0 Å². The highest BCUT2D eigenvalue weighted by molar-refractivity contribution is 5.95. The molecule has 0 atom stereocenters. The minimum Gasteiger partial charge on any atom is -0.493 e. The number of fused-ring (bicyclic) bond motifs is 1. The predicted molar refractivity (Wildman–Crippen MR) is 90.7 cm³/mol. The first-order chi connectivity index (χ1) is 12.2. The molecule has 4 rings (SSSR count). The van der Waals surface area contributed by atoms with E-state index in [1.54, 1.807) is 17.0 Å². The van der Waals surface area contributed by atoms with Crippen LogP contribution in [0.15, 0.2) is 41.2 Å². The molecule has 25 heavy (non-hydrogen) atoms. The zero-order valence-corrected chi connectivity index (χ0v) is 13.9. The Morgan fingerprint density at radius 2 is 1.96 bits per heavy atom. The van der Waals surface area contributed by atoms with Crippen LogP contribution in [0.4, 0.5) is 0 Å². The Labute approximate surface area is 145 Å². The first-order valence-electron chi connectivity index (χ1n) is 8.59. The van der Waals surface area contributed by atoms with Gasteiger partial charge < -0.3 is 19.4 Å². The Kier molecular flexibility index (Phi) is 4.17. The first kappa shape index (κ1) is 15.7. The van der Waals surface area contributed by atoms with Crippen molar-refractivity contribution in [3.8, 4) is 5.75 Å². The van der Waals surface area contributed by atoms with Crippen LogP contribution in [-0.2, 0) is 6.42 Å². The summed E-state index contributed by atoms with van der Waals surface area (Å²) in [6.45, 7) is 1.95. The van der Waals surface area contributed by atoms with Gasteiger partial charge in [-0.3, -0.25) is 9.59 Å². The predicted octanol–water partition coefficient (Wildman–Crippen LogP) is 2.25. The van der Waals surface area contributed by atoms with E-state index in [2.05, 4.69) is 5.32 Å². The highest BCUT2D eigenvalue weighted by atomic mass is 16.5. The van der Waals surface area contributed by atoms with Gasteiger partial charge in [0.05, 0.1) is 18.4 Å². The van der Waals surface area contributed by atoms with Crippen LogP contribution < -0.4 is 10.1 Å². The summed E-state index contributed by atoms with van der Waals surface area (Å²) in [6, 6.07) is 7.34. The Hall–Kier alpha value is -2.76. The number of nitrogens with zero attached hydrogens (tertiary/aromatic N) is 1. The Morgan fingerprint density at radius 3 is 2.72 bits per heavy atom. The summed E-state index contributed by atoms with van der Waals surface area (Å²) < 4.78 is 10.4. The highest BCUT2D eigenvalue weighted by Crippen LogP contribution is 2.26. The van der Waals surface area contributed by atoms with Gasteiger partial charge in [0.2, 0.25) is 0 Å². The molecule has 0 unspecified atom stereocenters. The van der Waals surface area contributed by atoms with E-state index >= 15 is 0 Å². The van der Waals surface area contributed by atoms with Gasteiger partial charge in [-0.2, -0.15) is 0 Å². The van der Waals surface area contributed by atoms with Crippen molar-refractivity contribution >= 4 is 11.8 Å². The van der Waals surface area contributed by atoms with Crippen molar-refractivity contribution in [2.75, 3.05) is 19.7 Å². The highest BCUT2D eigenvalue weighted by Gasteiger charge is 2.25. The van der Waals surface area contributed by atoms with Gasteiger partial charge in [0.25, 0.3) is 11.8 Å². The fourth-order valence-corrected chi connectivity index (χ4v) is 3.39. The maximum atomic E-state index is 12.5. The third-order valence-corrected chi connectivity index (χ3v) is 4.84. The molecule has 0 saturated carbocycles. The molecule has 0 aliphatic carbocycles. The molecule has 2 amide bonds. The molecular formula is C19H20N2O4. The van der Waals surface area contributed by atoms with Gasteiger partial charge in [-0.05, 0) is 42.7 Å². The molecule has 6 heteroatoms. The Balaban J connectivity index is 1.32. The van der Waals surface area contributed by atoms with Crippen molar-refractivity contribution in [3.05, 3.63) is 53.5 Å². The number of benzene rings is 1. The number of hydrogen-bond donors (Lipinski definition) is 1. The summed E-state index contributed by atoms with van der Waals surface area (Å²) in [7, 11) is 0. The number of amides is 2. The summed E-state index contributed by atoms with van der Waals surface area (Å²) in [5, 5.41) is 3.08. The molecular weight excluding hydrogens is 320 g/mol. The molecule has 6 nitrogen and oxygen atoms in total. The molecule has 1 fully saturated rings. The average molecular weight is 340 g/mol. The van der Waals surface area contributed by atoms with Crippen LogP contribution in [0, 0.1) is 0 Å². The summed E-state index contributed by atoms with van der Waals surface area (Å²) >= 11 is 0. The minimum atomic E-state index is -0.0608. The third kappa shape index (κ3) is 3.24. The standard InChI is InChI=1S/C19H20N2O4/c22-18(14-1-2-17-13(11-14)6-10-25-17)20-16-3-7-21(8-4-16)19(23)15-5-9-24-12-15/h1-2,5,9,11-12,16H,3-4,6-8,10H2,(H,20,22). The van der Waals surface area contributed by atoms with E-state index in [1.807, 2.05) is 12.1 Å². The molecule has 0 radical (unpaired) electrons. The SMILES string of the molecule is O=C(NC1CCN(C(=O)c2ccoc2)CC1)c1ccc2c(c1)CCO2. The second-order valence-corrected chi connectivity index (χ2v) is 6.47. The number of nitrogens with one attached hydrogen (secondary N) is 1. The van der Waals surface area contributed by atoms with Crippen molar-refractivity contribution in [1.82, 2.24) is 10.2 Å². The van der Waals surface area contributed by atoms with E-state index in [1.165, 1.54) is 12.5 Å². The van der Waals surface area contributed by atoms with Gasteiger partial charge in [-0.1, -0.05) is 0 Å². The molecule has 1 N–H and O–H groups in total. The van der Waals surface area contributed by atoms with Crippen LogP contribution in [0.5, 0.6) is 5.75 Å². The lowest BCUT2D eigenvalue weighted by Gasteiger charge is -2.32. The van der Waals surface area contributed by atoms with Gasteiger partial charge >= 0.3 is 0 Å². The molecule has 2 aromatic rings. The third-order valence-electron chi connectivity index (χ3n) is 4.84. The fraction of sp³-hybridized carbons (Fsp3) is 0.368. The van der Waals surface area contributed by atoms with Crippen LogP contribution in [0.1, 0.15) is 39.1 Å². The van der Waals surface area contributed by atoms with Crippen LogP contribution in [0.3, 0.4) is 0 Å². The zero-order valence-electron chi connectivity index (χ0n) is 13.9. The molecule has 1 aromatic heterocycles. The van der Waals surface area contributed by atoms with Gasteiger partial charge in [-0.25, -0.2) is 0 Å². The zero-order chi connectivity index (χ0) is 17.2. The van der Waals surface area contributed by atoms with E-state index in [0.29, 0.717) is 30.8 Å². The van der Waals surface area contributed by atoms with Gasteiger partial charge in [0.1, 0.15) is 12.0 Å². The number of hydrogen-bond acceptors (Lipinski definition) is 4. The summed E-state index contributed by atoms with van der Waals surface area (Å²) in [6.07, 6.45) is 5.33. The monoisotopic (exact) mass is 340 g/mol. The van der Waals surface area contributed by atoms with Crippen LogP contribution in [-0.4, -0.2) is 42.5 Å². The lowest BCUT2D eigenvalue weighted by atomic mass is 10.0. The number of carbonyl (C=O) groups is 2. The average Bonchev–Trinajstić information content (AvgIpc) is 3.32. The number of piperidine rings is 1. The number of carbonyl (C=O) groups excluding carboxylic acids is 2. The molecule has 2 aliphatic rings. The lowest BCUT2D eigenvalue weighted by Crippen LogP contribution is -2.46. The molecule has 130 valence electrons. The van der Waals surface area contributed by atoms with Gasteiger partial charge in [-0.15, -0.1) is 0 Å². The molecule has 1 aromatic carbocycles. The van der Waals surface area contributed by atoms with Crippen LogP contribution >= 0.6 is 0 Å². The summed E-state index contributed by atoms with van der Waals surface area (Å²) in [5.41, 5.74) is 2.33. The quantitative estimate of drug-likeness (QED) is 0.930. The van der Waals surface area contributed by atoms with E-state index in [4.69, 9.17) is 9.15 Å². The maximum Gasteiger partial charge on any atom is 0.257 e. The van der Waals surface area contributed by atoms with Crippen molar-refractivity contribution in [2.24, 2.45) is 0 Å². The van der Waals surface area contributed by atoms with E-state index in [9.17, 15) is 9.59 Å². The summed E-state index contributed by atoms with van der Waals surface area (Å²) in [5.74, 6) is 0.800. The van der Waals surface area contributed by atoms with E-state index in [0.717, 1.165) is 30.6 Å². The second kappa shape index (κ2) is 6.63. The number of likely N-dealkylation sites (tertiary alicyclic amines) is 1. The normalized spacial score (nSPS) is 17.0.